The third-order valence-electron chi connectivity index (χ3n) is 3.49. The van der Waals surface area contributed by atoms with Crippen LogP contribution in [-0.2, 0) is 5.41 Å². The van der Waals surface area contributed by atoms with Crippen molar-refractivity contribution in [2.75, 3.05) is 0 Å². The van der Waals surface area contributed by atoms with Gasteiger partial charge in [0.05, 0.1) is 11.9 Å². The fourth-order valence-corrected chi connectivity index (χ4v) is 2.43. The van der Waals surface area contributed by atoms with E-state index in [9.17, 15) is 0 Å². The summed E-state index contributed by atoms with van der Waals surface area (Å²) in [5, 5.41) is 10.9. The number of aromatic nitrogens is 3. The lowest BCUT2D eigenvalue weighted by Crippen LogP contribution is -2.23. The van der Waals surface area contributed by atoms with Crippen LogP contribution in [0.25, 0.3) is 0 Å². The Bertz CT molecular complexity index is 258. The molecule has 0 radical (unpaired) electrons. The van der Waals surface area contributed by atoms with E-state index in [-0.39, 0.29) is 5.41 Å². The monoisotopic (exact) mass is 193 g/mol. The first-order valence-corrected chi connectivity index (χ1v) is 5.67. The Balaban J connectivity index is 2.11. The van der Waals surface area contributed by atoms with Gasteiger partial charge in [-0.05, 0) is 12.8 Å². The van der Waals surface area contributed by atoms with E-state index in [0.717, 1.165) is 5.69 Å². The van der Waals surface area contributed by atoms with Crippen molar-refractivity contribution in [1.29, 1.82) is 0 Å². The van der Waals surface area contributed by atoms with Crippen LogP contribution >= 0.6 is 0 Å². The number of nitrogens with one attached hydrogen (secondary N) is 1. The van der Waals surface area contributed by atoms with Crippen molar-refractivity contribution >= 4 is 0 Å². The Morgan fingerprint density at radius 3 is 2.36 bits per heavy atom. The van der Waals surface area contributed by atoms with Gasteiger partial charge >= 0.3 is 0 Å². The predicted octanol–water partition coefficient (Wildman–Crippen LogP) is 2.81. The average molecular weight is 193 g/mol. The van der Waals surface area contributed by atoms with Gasteiger partial charge in [0.15, 0.2) is 0 Å². The lowest BCUT2D eigenvalue weighted by molar-refractivity contribution is 0.333. The lowest BCUT2D eigenvalue weighted by Gasteiger charge is -2.29. The summed E-state index contributed by atoms with van der Waals surface area (Å²) in [6.45, 7) is 2.33. The van der Waals surface area contributed by atoms with Gasteiger partial charge in [0, 0.05) is 5.41 Å². The zero-order valence-corrected chi connectivity index (χ0v) is 8.92. The molecule has 0 saturated heterocycles. The van der Waals surface area contributed by atoms with Gasteiger partial charge in [-0.1, -0.05) is 39.0 Å². The van der Waals surface area contributed by atoms with Crippen molar-refractivity contribution in [3.05, 3.63) is 11.9 Å². The fraction of sp³-hybridized carbons (Fsp3) is 0.818. The topological polar surface area (TPSA) is 41.6 Å². The highest BCUT2D eigenvalue weighted by Gasteiger charge is 2.29. The fourth-order valence-electron chi connectivity index (χ4n) is 2.43. The normalized spacial score (nSPS) is 22.6. The molecule has 78 valence electrons. The van der Waals surface area contributed by atoms with Gasteiger partial charge in [-0.25, -0.2) is 0 Å². The molecule has 1 aromatic rings. The van der Waals surface area contributed by atoms with Gasteiger partial charge in [-0.15, -0.1) is 0 Å². The quantitative estimate of drug-likeness (QED) is 0.745. The van der Waals surface area contributed by atoms with Gasteiger partial charge in [0.25, 0.3) is 0 Å². The summed E-state index contributed by atoms with van der Waals surface area (Å²) >= 11 is 0. The molecular formula is C11H19N3. The molecule has 2 rings (SSSR count). The molecule has 1 aromatic heterocycles. The van der Waals surface area contributed by atoms with Crippen LogP contribution in [0.4, 0.5) is 0 Å². The van der Waals surface area contributed by atoms with Gasteiger partial charge < -0.3 is 0 Å². The van der Waals surface area contributed by atoms with Crippen LogP contribution in [0.3, 0.4) is 0 Å². The molecule has 1 saturated carbocycles. The maximum absolute atomic E-state index is 4.25. The zero-order chi connectivity index (χ0) is 9.86. The Kier molecular flexibility index (Phi) is 2.85. The minimum Gasteiger partial charge on any atom is -0.198 e. The Morgan fingerprint density at radius 1 is 1.14 bits per heavy atom. The number of hydrogen-bond acceptors (Lipinski definition) is 2. The van der Waals surface area contributed by atoms with Gasteiger partial charge in [0.2, 0.25) is 0 Å². The first-order valence-electron chi connectivity index (χ1n) is 5.67. The van der Waals surface area contributed by atoms with Crippen molar-refractivity contribution in [2.45, 2.75) is 57.3 Å². The number of aromatic amines is 1. The summed E-state index contributed by atoms with van der Waals surface area (Å²) in [5.41, 5.74) is 1.42. The highest BCUT2D eigenvalue weighted by atomic mass is 15.3. The molecule has 1 N–H and O–H groups in total. The number of rotatable bonds is 1. The van der Waals surface area contributed by atoms with Crippen molar-refractivity contribution in [3.8, 4) is 0 Å². The summed E-state index contributed by atoms with van der Waals surface area (Å²) < 4.78 is 0. The summed E-state index contributed by atoms with van der Waals surface area (Å²) in [7, 11) is 0. The molecule has 0 amide bonds. The molecule has 0 aliphatic heterocycles. The molecule has 0 bridgehead atoms. The molecule has 0 spiro atoms. The number of hydrogen-bond donors (Lipinski definition) is 1. The van der Waals surface area contributed by atoms with Crippen LogP contribution in [0, 0.1) is 0 Å². The second kappa shape index (κ2) is 4.11. The third-order valence-corrected chi connectivity index (χ3v) is 3.49. The van der Waals surface area contributed by atoms with Gasteiger partial charge in [-0.3, -0.25) is 0 Å². The van der Waals surface area contributed by atoms with E-state index in [2.05, 4.69) is 22.3 Å². The van der Waals surface area contributed by atoms with E-state index >= 15 is 0 Å². The molecule has 1 fully saturated rings. The Labute approximate surface area is 85.3 Å². The van der Waals surface area contributed by atoms with Crippen LogP contribution < -0.4 is 0 Å². The molecule has 0 unspecified atom stereocenters. The van der Waals surface area contributed by atoms with E-state index in [0.29, 0.717) is 0 Å². The zero-order valence-electron chi connectivity index (χ0n) is 8.92. The molecular weight excluding hydrogens is 174 g/mol. The summed E-state index contributed by atoms with van der Waals surface area (Å²) in [6, 6.07) is 0. The highest BCUT2D eigenvalue weighted by Crippen LogP contribution is 2.35. The molecule has 0 aromatic carbocycles. The lowest BCUT2D eigenvalue weighted by atomic mass is 9.76. The highest BCUT2D eigenvalue weighted by molar-refractivity contribution is 5.09. The van der Waals surface area contributed by atoms with Crippen molar-refractivity contribution in [3.63, 3.8) is 0 Å². The smallest absolute Gasteiger partial charge is 0.0883 e. The maximum atomic E-state index is 4.25. The first kappa shape index (κ1) is 9.69. The van der Waals surface area contributed by atoms with Crippen LogP contribution in [0.5, 0.6) is 0 Å². The van der Waals surface area contributed by atoms with Crippen molar-refractivity contribution in [2.24, 2.45) is 0 Å². The minimum absolute atomic E-state index is 0.271. The SMILES string of the molecule is CC1(c2cn[nH]n2)CCCCCCC1. The van der Waals surface area contributed by atoms with Crippen LogP contribution in [0.15, 0.2) is 6.20 Å². The van der Waals surface area contributed by atoms with Crippen molar-refractivity contribution in [1.82, 2.24) is 15.4 Å². The summed E-state index contributed by atoms with van der Waals surface area (Å²) in [4.78, 5) is 0. The van der Waals surface area contributed by atoms with E-state index < -0.39 is 0 Å². The second-order valence-electron chi connectivity index (χ2n) is 4.68. The molecule has 1 aliphatic rings. The molecule has 3 nitrogen and oxygen atoms in total. The van der Waals surface area contributed by atoms with E-state index in [4.69, 9.17) is 0 Å². The Hall–Kier alpha value is -0.860. The largest absolute Gasteiger partial charge is 0.198 e. The van der Waals surface area contributed by atoms with Gasteiger partial charge in [-0.2, -0.15) is 15.4 Å². The summed E-state index contributed by atoms with van der Waals surface area (Å²) in [5.74, 6) is 0. The van der Waals surface area contributed by atoms with Crippen LogP contribution in [0.1, 0.15) is 57.6 Å². The Morgan fingerprint density at radius 2 is 1.79 bits per heavy atom. The molecule has 14 heavy (non-hydrogen) atoms. The van der Waals surface area contributed by atoms with Crippen LogP contribution in [-0.4, -0.2) is 15.4 Å². The first-order chi connectivity index (χ1) is 6.81. The molecule has 1 aliphatic carbocycles. The minimum atomic E-state index is 0.271. The molecule has 0 atom stereocenters. The second-order valence-corrected chi connectivity index (χ2v) is 4.68. The molecule has 1 heterocycles. The van der Waals surface area contributed by atoms with E-state index in [1.807, 2.05) is 6.20 Å². The van der Waals surface area contributed by atoms with Crippen LogP contribution in [0.2, 0.25) is 0 Å². The predicted molar refractivity (Wildman–Crippen MR) is 56.1 cm³/mol. The average Bonchev–Trinajstić information content (AvgIpc) is 2.65. The number of nitrogens with zero attached hydrogens (tertiary/aromatic N) is 2. The number of H-pyrrole nitrogens is 1. The standard InChI is InChI=1S/C11H19N3/c1-11(10-9-12-14-13-10)7-5-3-2-4-6-8-11/h9H,2-8H2,1H3,(H,12,13,14). The van der Waals surface area contributed by atoms with E-state index in [1.165, 1.54) is 44.9 Å². The summed E-state index contributed by atoms with van der Waals surface area (Å²) in [6.07, 6.45) is 11.3. The van der Waals surface area contributed by atoms with Gasteiger partial charge in [0.1, 0.15) is 0 Å². The maximum Gasteiger partial charge on any atom is 0.0883 e. The third kappa shape index (κ3) is 1.97. The molecule has 3 heteroatoms. The van der Waals surface area contributed by atoms with E-state index in [1.54, 1.807) is 0 Å². The van der Waals surface area contributed by atoms with Crippen molar-refractivity contribution < 1.29 is 0 Å².